The van der Waals surface area contributed by atoms with E-state index >= 15 is 0 Å². The van der Waals surface area contributed by atoms with Gasteiger partial charge in [0.2, 0.25) is 10.0 Å². The van der Waals surface area contributed by atoms with Gasteiger partial charge in [-0.1, -0.05) is 5.16 Å². The lowest BCUT2D eigenvalue weighted by Crippen LogP contribution is -2.38. The number of hydrogen-bond acceptors (Lipinski definition) is 5. The molecule has 25 heavy (non-hydrogen) atoms. The number of nitrogens with one attached hydrogen (secondary N) is 1. The van der Waals surface area contributed by atoms with E-state index in [9.17, 15) is 8.42 Å². The molecule has 1 N–H and O–H groups in total. The van der Waals surface area contributed by atoms with Gasteiger partial charge in [0.15, 0.2) is 5.76 Å². The lowest BCUT2D eigenvalue weighted by Gasteiger charge is -2.30. The van der Waals surface area contributed by atoms with Crippen LogP contribution in [-0.2, 0) is 10.0 Å². The van der Waals surface area contributed by atoms with E-state index < -0.39 is 10.0 Å². The summed E-state index contributed by atoms with van der Waals surface area (Å²) in [5.74, 6) is 0.653. The third kappa shape index (κ3) is 2.65. The number of fused-ring (bicyclic) bond motifs is 1. The maximum Gasteiger partial charge on any atom is 0.248 e. The van der Waals surface area contributed by atoms with E-state index in [0.717, 1.165) is 23.9 Å². The molecule has 3 aromatic rings. The van der Waals surface area contributed by atoms with Crippen LogP contribution in [0.5, 0.6) is 0 Å². The SMILES string of the molecule is Cc1noc(C)c1S(=O)(=O)N1CCC(c2c[nH]c3cccnc23)CC1. The number of pyridine rings is 1. The van der Waals surface area contributed by atoms with Crippen molar-refractivity contribution in [3.05, 3.63) is 41.5 Å². The van der Waals surface area contributed by atoms with Crippen LogP contribution >= 0.6 is 0 Å². The predicted octanol–water partition coefficient (Wildman–Crippen LogP) is 2.74. The third-order valence-electron chi connectivity index (χ3n) is 4.92. The fourth-order valence-corrected chi connectivity index (χ4v) is 5.43. The van der Waals surface area contributed by atoms with Gasteiger partial charge in [-0.2, -0.15) is 4.31 Å². The minimum Gasteiger partial charge on any atom is -0.360 e. The normalized spacial score (nSPS) is 17.4. The second-order valence-corrected chi connectivity index (χ2v) is 8.35. The van der Waals surface area contributed by atoms with Gasteiger partial charge in [0.05, 0.1) is 11.0 Å². The Morgan fingerprint density at radius 3 is 2.72 bits per heavy atom. The molecule has 132 valence electrons. The van der Waals surface area contributed by atoms with E-state index in [1.54, 1.807) is 20.0 Å². The molecule has 0 bridgehead atoms. The maximum atomic E-state index is 12.9. The highest BCUT2D eigenvalue weighted by molar-refractivity contribution is 7.89. The molecule has 1 fully saturated rings. The molecule has 0 saturated carbocycles. The fourth-order valence-electron chi connectivity index (χ4n) is 3.67. The molecule has 7 nitrogen and oxygen atoms in total. The van der Waals surface area contributed by atoms with Crippen LogP contribution in [0.15, 0.2) is 33.9 Å². The second kappa shape index (κ2) is 5.96. The van der Waals surface area contributed by atoms with E-state index in [-0.39, 0.29) is 4.90 Å². The summed E-state index contributed by atoms with van der Waals surface area (Å²) in [4.78, 5) is 7.92. The third-order valence-corrected chi connectivity index (χ3v) is 7.07. The second-order valence-electron chi connectivity index (χ2n) is 6.48. The first-order chi connectivity index (χ1) is 12.0. The summed E-state index contributed by atoms with van der Waals surface area (Å²) in [5, 5.41) is 3.77. The molecule has 4 rings (SSSR count). The minimum atomic E-state index is -3.56. The standard InChI is InChI=1S/C17H20N4O3S/c1-11-17(12(2)24-20-11)25(22,23)21-8-5-13(6-9-21)14-10-19-15-4-3-7-18-16(14)15/h3-4,7,10,13,19H,5-6,8-9H2,1-2H3. The van der Waals surface area contributed by atoms with Gasteiger partial charge in [0.25, 0.3) is 0 Å². The van der Waals surface area contributed by atoms with E-state index in [1.807, 2.05) is 18.3 Å². The van der Waals surface area contributed by atoms with Crippen LogP contribution in [0.25, 0.3) is 11.0 Å². The lowest BCUT2D eigenvalue weighted by atomic mass is 9.91. The summed E-state index contributed by atoms with van der Waals surface area (Å²) >= 11 is 0. The summed E-state index contributed by atoms with van der Waals surface area (Å²) in [6, 6.07) is 3.91. The van der Waals surface area contributed by atoms with E-state index in [1.165, 1.54) is 9.87 Å². The monoisotopic (exact) mass is 360 g/mol. The van der Waals surface area contributed by atoms with Crippen molar-refractivity contribution in [1.29, 1.82) is 0 Å². The van der Waals surface area contributed by atoms with Gasteiger partial charge in [-0.05, 0) is 50.3 Å². The summed E-state index contributed by atoms with van der Waals surface area (Å²) < 4.78 is 32.4. The fraction of sp³-hybridized carbons (Fsp3) is 0.412. The van der Waals surface area contributed by atoms with Gasteiger partial charge >= 0.3 is 0 Å². The average molecular weight is 360 g/mol. The summed E-state index contributed by atoms with van der Waals surface area (Å²) in [6.07, 6.45) is 5.33. The lowest BCUT2D eigenvalue weighted by molar-refractivity contribution is 0.319. The van der Waals surface area contributed by atoms with Gasteiger partial charge in [-0.15, -0.1) is 0 Å². The molecule has 0 aromatic carbocycles. The molecule has 0 radical (unpaired) electrons. The Balaban J connectivity index is 1.56. The number of nitrogens with zero attached hydrogens (tertiary/aromatic N) is 3. The predicted molar refractivity (Wildman–Crippen MR) is 92.8 cm³/mol. The molecule has 1 aliphatic heterocycles. The molecule has 0 atom stereocenters. The van der Waals surface area contributed by atoms with Gasteiger partial charge in [0.1, 0.15) is 10.6 Å². The van der Waals surface area contributed by atoms with Gasteiger partial charge in [-0.25, -0.2) is 8.42 Å². The number of sulfonamides is 1. The molecule has 0 unspecified atom stereocenters. The largest absolute Gasteiger partial charge is 0.360 e. The molecule has 0 amide bonds. The number of rotatable bonds is 3. The molecule has 1 aliphatic rings. The van der Waals surface area contributed by atoms with Crippen LogP contribution < -0.4 is 0 Å². The van der Waals surface area contributed by atoms with Crippen molar-refractivity contribution in [2.45, 2.75) is 37.5 Å². The van der Waals surface area contributed by atoms with Crippen LogP contribution in [0.3, 0.4) is 0 Å². The topological polar surface area (TPSA) is 92.1 Å². The summed E-state index contributed by atoms with van der Waals surface area (Å²) in [7, 11) is -3.56. The molecule has 0 spiro atoms. The van der Waals surface area contributed by atoms with E-state index in [4.69, 9.17) is 4.52 Å². The minimum absolute atomic E-state index is 0.208. The Hall–Kier alpha value is -2.19. The van der Waals surface area contributed by atoms with Crippen molar-refractivity contribution in [1.82, 2.24) is 19.4 Å². The number of hydrogen-bond donors (Lipinski definition) is 1. The van der Waals surface area contributed by atoms with Gasteiger partial charge in [0, 0.05) is 25.5 Å². The van der Waals surface area contributed by atoms with Crippen LogP contribution in [0.4, 0.5) is 0 Å². The zero-order valence-electron chi connectivity index (χ0n) is 14.2. The van der Waals surface area contributed by atoms with Gasteiger partial charge in [-0.3, -0.25) is 4.98 Å². The van der Waals surface area contributed by atoms with Crippen LogP contribution in [0, 0.1) is 13.8 Å². The highest BCUT2D eigenvalue weighted by Crippen LogP contribution is 2.34. The van der Waals surface area contributed by atoms with Crippen LogP contribution in [-0.4, -0.2) is 40.9 Å². The molecule has 1 saturated heterocycles. The summed E-state index contributed by atoms with van der Waals surface area (Å²) in [6.45, 7) is 4.26. The van der Waals surface area contributed by atoms with Crippen molar-refractivity contribution in [3.63, 3.8) is 0 Å². The van der Waals surface area contributed by atoms with Crippen molar-refractivity contribution in [2.75, 3.05) is 13.1 Å². The average Bonchev–Trinajstić information content (AvgIpc) is 3.18. The van der Waals surface area contributed by atoms with Crippen molar-refractivity contribution < 1.29 is 12.9 Å². The number of aromatic nitrogens is 3. The number of piperidine rings is 1. The van der Waals surface area contributed by atoms with E-state index in [0.29, 0.717) is 30.5 Å². The zero-order chi connectivity index (χ0) is 17.6. The molecule has 8 heteroatoms. The number of H-pyrrole nitrogens is 1. The highest BCUT2D eigenvalue weighted by atomic mass is 32.2. The number of aromatic amines is 1. The Kier molecular flexibility index (Phi) is 3.88. The molecular weight excluding hydrogens is 340 g/mol. The Morgan fingerprint density at radius 2 is 2.04 bits per heavy atom. The van der Waals surface area contributed by atoms with Crippen LogP contribution in [0.1, 0.15) is 35.8 Å². The highest BCUT2D eigenvalue weighted by Gasteiger charge is 2.34. The molecule has 3 aromatic heterocycles. The molecule has 4 heterocycles. The Labute approximate surface area is 146 Å². The zero-order valence-corrected chi connectivity index (χ0v) is 15.0. The maximum absolute atomic E-state index is 12.9. The quantitative estimate of drug-likeness (QED) is 0.775. The van der Waals surface area contributed by atoms with Crippen LogP contribution in [0.2, 0.25) is 0 Å². The first-order valence-corrected chi connectivity index (χ1v) is 9.77. The van der Waals surface area contributed by atoms with Crippen molar-refractivity contribution in [2.24, 2.45) is 0 Å². The van der Waals surface area contributed by atoms with Gasteiger partial charge < -0.3 is 9.51 Å². The smallest absolute Gasteiger partial charge is 0.248 e. The summed E-state index contributed by atoms with van der Waals surface area (Å²) in [5.41, 5.74) is 3.59. The molecule has 0 aliphatic carbocycles. The molecular formula is C17H20N4O3S. The Morgan fingerprint density at radius 1 is 1.28 bits per heavy atom. The van der Waals surface area contributed by atoms with E-state index in [2.05, 4.69) is 15.1 Å². The number of aryl methyl sites for hydroxylation is 2. The Bertz CT molecular complexity index is 994. The van der Waals surface area contributed by atoms with Crippen molar-refractivity contribution >= 4 is 21.1 Å². The first-order valence-electron chi connectivity index (χ1n) is 8.33. The first kappa shape index (κ1) is 16.3. The van der Waals surface area contributed by atoms with Crippen molar-refractivity contribution in [3.8, 4) is 0 Å².